The first-order valence-corrected chi connectivity index (χ1v) is 7.64. The van der Waals surface area contributed by atoms with Crippen LogP contribution in [0.1, 0.15) is 30.9 Å². The normalized spacial score (nSPS) is 28.0. The van der Waals surface area contributed by atoms with E-state index in [0.29, 0.717) is 11.8 Å². The maximum Gasteiger partial charge on any atom is 0.226 e. The second-order valence-electron chi connectivity index (χ2n) is 6.02. The molecule has 1 aliphatic heterocycles. The lowest BCUT2D eigenvalue weighted by atomic mass is 10.2. The Balaban J connectivity index is 1.42. The molecule has 0 radical (unpaired) electrons. The molecule has 0 N–H and O–H groups in total. The predicted octanol–water partition coefficient (Wildman–Crippen LogP) is 2.27. The summed E-state index contributed by atoms with van der Waals surface area (Å²) in [7, 11) is 0. The zero-order valence-corrected chi connectivity index (χ0v) is 11.9. The van der Waals surface area contributed by atoms with Gasteiger partial charge in [0.25, 0.3) is 0 Å². The first-order chi connectivity index (χ1) is 10.3. The van der Waals surface area contributed by atoms with Crippen molar-refractivity contribution in [3.63, 3.8) is 0 Å². The molecule has 1 aliphatic carbocycles. The molecule has 0 spiro atoms. The Kier molecular flexibility index (Phi) is 3.05. The average Bonchev–Trinajstić information content (AvgIpc) is 2.99. The molecule has 2 aromatic rings. The van der Waals surface area contributed by atoms with Crippen LogP contribution in [-0.4, -0.2) is 33.2 Å². The molecule has 2 aromatic heterocycles. The van der Waals surface area contributed by atoms with Crippen molar-refractivity contribution in [1.82, 2.24) is 14.7 Å². The van der Waals surface area contributed by atoms with Gasteiger partial charge in [0, 0.05) is 30.8 Å². The number of hydrogen-bond acceptors (Lipinski definition) is 3. The highest BCUT2D eigenvalue weighted by Crippen LogP contribution is 2.49. The maximum absolute atomic E-state index is 12.7. The van der Waals surface area contributed by atoms with Crippen LogP contribution >= 0.6 is 0 Å². The Bertz CT molecular complexity index is 606. The van der Waals surface area contributed by atoms with Crippen molar-refractivity contribution in [2.75, 3.05) is 6.54 Å². The monoisotopic (exact) mass is 285 g/mol. The van der Waals surface area contributed by atoms with Gasteiger partial charge in [-0.05, 0) is 37.5 Å². The van der Waals surface area contributed by atoms with Gasteiger partial charge in [-0.2, -0.15) is 5.10 Å². The van der Waals surface area contributed by atoms with E-state index in [1.54, 1.807) is 12.5 Å². The third kappa shape index (κ3) is 2.37. The topological polar surface area (TPSA) is 51.3 Å². The highest BCUT2D eigenvalue weighted by Gasteiger charge is 2.49. The van der Waals surface area contributed by atoms with Crippen LogP contribution in [0, 0.1) is 5.92 Å². The predicted molar refractivity (Wildman–Crippen MR) is 76.5 cm³/mol. The van der Waals surface area contributed by atoms with Crippen LogP contribution in [0.15, 0.2) is 41.3 Å². The molecule has 2 fully saturated rings. The third-order valence-corrected chi connectivity index (χ3v) is 4.63. The molecule has 5 heteroatoms. The molecular weight excluding hydrogens is 266 g/mol. The number of aromatic nitrogens is 2. The number of amides is 1. The highest BCUT2D eigenvalue weighted by atomic mass is 16.3. The number of nitrogens with zero attached hydrogens (tertiary/aromatic N) is 3. The van der Waals surface area contributed by atoms with Crippen molar-refractivity contribution in [3.05, 3.63) is 42.6 Å². The molecule has 1 saturated carbocycles. The van der Waals surface area contributed by atoms with E-state index in [-0.39, 0.29) is 12.0 Å². The van der Waals surface area contributed by atoms with E-state index in [9.17, 15) is 4.79 Å². The van der Waals surface area contributed by atoms with Crippen molar-refractivity contribution >= 4 is 5.91 Å². The number of likely N-dealkylation sites (tertiary alicyclic amines) is 1. The molecule has 3 heterocycles. The first-order valence-electron chi connectivity index (χ1n) is 7.64. The van der Waals surface area contributed by atoms with E-state index in [4.69, 9.17) is 4.42 Å². The Morgan fingerprint density at radius 1 is 1.43 bits per heavy atom. The van der Waals surface area contributed by atoms with E-state index in [1.165, 1.54) is 0 Å². The van der Waals surface area contributed by atoms with Gasteiger partial charge in [-0.1, -0.05) is 0 Å². The number of furan rings is 1. The summed E-state index contributed by atoms with van der Waals surface area (Å²) in [6.45, 7) is 1.68. The molecule has 0 unspecified atom stereocenters. The van der Waals surface area contributed by atoms with E-state index in [0.717, 1.165) is 38.1 Å². The number of carbonyl (C=O) groups excluding carboxylic acids is 1. The zero-order chi connectivity index (χ0) is 14.2. The molecule has 0 bridgehead atoms. The summed E-state index contributed by atoms with van der Waals surface area (Å²) < 4.78 is 7.35. The van der Waals surface area contributed by atoms with Crippen LogP contribution in [0.3, 0.4) is 0 Å². The number of hydrogen-bond donors (Lipinski definition) is 0. The van der Waals surface area contributed by atoms with Gasteiger partial charge in [0.2, 0.25) is 5.91 Å². The van der Waals surface area contributed by atoms with E-state index < -0.39 is 0 Å². The summed E-state index contributed by atoms with van der Waals surface area (Å²) in [6.07, 6.45) is 8.53. The molecular formula is C16H19N3O2. The third-order valence-electron chi connectivity index (χ3n) is 4.63. The molecule has 0 aromatic carbocycles. The summed E-state index contributed by atoms with van der Waals surface area (Å²) >= 11 is 0. The quantitative estimate of drug-likeness (QED) is 0.866. The lowest BCUT2D eigenvalue weighted by Crippen LogP contribution is -2.39. The van der Waals surface area contributed by atoms with Crippen LogP contribution in [0.4, 0.5) is 0 Å². The molecule has 2 aliphatic rings. The van der Waals surface area contributed by atoms with Gasteiger partial charge in [0.1, 0.15) is 5.76 Å². The molecule has 1 amide bonds. The smallest absolute Gasteiger partial charge is 0.226 e. The lowest BCUT2D eigenvalue weighted by Gasteiger charge is -2.25. The maximum atomic E-state index is 12.7. The van der Waals surface area contributed by atoms with Gasteiger partial charge in [0.05, 0.1) is 18.8 Å². The van der Waals surface area contributed by atoms with Crippen molar-refractivity contribution < 1.29 is 9.21 Å². The Morgan fingerprint density at radius 3 is 3.14 bits per heavy atom. The second-order valence-corrected chi connectivity index (χ2v) is 6.02. The van der Waals surface area contributed by atoms with Crippen molar-refractivity contribution in [2.45, 2.75) is 37.8 Å². The largest absolute Gasteiger partial charge is 0.469 e. The van der Waals surface area contributed by atoms with Gasteiger partial charge in [-0.15, -0.1) is 0 Å². The summed E-state index contributed by atoms with van der Waals surface area (Å²) in [6, 6.07) is 6.08. The van der Waals surface area contributed by atoms with Crippen LogP contribution in [0.2, 0.25) is 0 Å². The van der Waals surface area contributed by atoms with Crippen LogP contribution < -0.4 is 0 Å². The van der Waals surface area contributed by atoms with Crippen molar-refractivity contribution in [2.24, 2.45) is 5.92 Å². The lowest BCUT2D eigenvalue weighted by molar-refractivity contribution is -0.133. The number of rotatable bonds is 4. The molecule has 21 heavy (non-hydrogen) atoms. The molecule has 3 atom stereocenters. The molecule has 110 valence electrons. The Morgan fingerprint density at radius 2 is 2.38 bits per heavy atom. The average molecular weight is 285 g/mol. The first kappa shape index (κ1) is 12.7. The fourth-order valence-corrected chi connectivity index (χ4v) is 3.44. The molecule has 5 nitrogen and oxygen atoms in total. The Labute approximate surface area is 123 Å². The van der Waals surface area contributed by atoms with Gasteiger partial charge < -0.3 is 9.32 Å². The summed E-state index contributed by atoms with van der Waals surface area (Å²) in [5, 5.41) is 4.25. The van der Waals surface area contributed by atoms with Crippen molar-refractivity contribution in [3.8, 4) is 0 Å². The fraction of sp³-hybridized carbons (Fsp3) is 0.500. The van der Waals surface area contributed by atoms with E-state index in [1.807, 2.05) is 29.1 Å². The molecule has 4 rings (SSSR count). The van der Waals surface area contributed by atoms with E-state index >= 15 is 0 Å². The van der Waals surface area contributed by atoms with Gasteiger partial charge in [-0.3, -0.25) is 9.48 Å². The zero-order valence-electron chi connectivity index (χ0n) is 11.9. The molecule has 1 saturated heterocycles. The summed E-state index contributed by atoms with van der Waals surface area (Å²) in [5.74, 6) is 1.66. The van der Waals surface area contributed by atoms with Gasteiger partial charge in [0.15, 0.2) is 0 Å². The number of carbonyl (C=O) groups is 1. The summed E-state index contributed by atoms with van der Waals surface area (Å²) in [4.78, 5) is 14.8. The van der Waals surface area contributed by atoms with Crippen LogP contribution in [0.5, 0.6) is 0 Å². The van der Waals surface area contributed by atoms with Gasteiger partial charge in [-0.25, -0.2) is 0 Å². The van der Waals surface area contributed by atoms with E-state index in [2.05, 4.69) is 10.00 Å². The summed E-state index contributed by atoms with van der Waals surface area (Å²) in [5.41, 5.74) is 0. The minimum Gasteiger partial charge on any atom is -0.469 e. The second kappa shape index (κ2) is 5.06. The standard InChI is InChI=1S/C16H19N3O2/c20-16(14-10-13(14)15-5-2-9-21-15)19-8-1-4-12(19)11-18-7-3-6-17-18/h2-3,5-7,9,12-14H,1,4,8,10-11H2/t12-,13+,14+/m0/s1. The van der Waals surface area contributed by atoms with Gasteiger partial charge >= 0.3 is 0 Å². The van der Waals surface area contributed by atoms with Crippen LogP contribution in [0.25, 0.3) is 0 Å². The SMILES string of the molecule is O=C([C@@H]1C[C@H]1c1ccco1)N1CCC[C@H]1Cn1cccn1. The van der Waals surface area contributed by atoms with Crippen LogP contribution in [-0.2, 0) is 11.3 Å². The highest BCUT2D eigenvalue weighted by molar-refractivity contribution is 5.83. The fourth-order valence-electron chi connectivity index (χ4n) is 3.44. The Hall–Kier alpha value is -2.04. The minimum atomic E-state index is 0.120. The minimum absolute atomic E-state index is 0.120. The van der Waals surface area contributed by atoms with Crippen molar-refractivity contribution in [1.29, 1.82) is 0 Å².